The van der Waals surface area contributed by atoms with Crippen molar-refractivity contribution in [3.05, 3.63) is 23.9 Å². The molecule has 2 atom stereocenters. The minimum absolute atomic E-state index is 0.307. The van der Waals surface area contributed by atoms with Crippen molar-refractivity contribution in [3.8, 4) is 0 Å². The van der Waals surface area contributed by atoms with E-state index in [2.05, 4.69) is 9.88 Å². The first kappa shape index (κ1) is 12.3. The Morgan fingerprint density at radius 1 is 1.53 bits per heavy atom. The molecule has 1 aromatic heterocycles. The number of rotatable bonds is 3. The Morgan fingerprint density at radius 2 is 2.35 bits per heavy atom. The molecule has 1 aromatic rings. The molecule has 0 bridgehead atoms. The fourth-order valence-electron chi connectivity index (χ4n) is 2.17. The van der Waals surface area contributed by atoms with Crippen molar-refractivity contribution in [1.82, 2.24) is 4.98 Å². The lowest BCUT2D eigenvalue weighted by Crippen LogP contribution is -2.39. The Labute approximate surface area is 102 Å². The van der Waals surface area contributed by atoms with Crippen molar-refractivity contribution in [2.45, 2.75) is 32.0 Å². The van der Waals surface area contributed by atoms with E-state index in [0.29, 0.717) is 6.10 Å². The van der Waals surface area contributed by atoms with E-state index in [4.69, 9.17) is 4.74 Å². The van der Waals surface area contributed by atoms with Crippen LogP contribution in [0.25, 0.3) is 0 Å². The van der Waals surface area contributed by atoms with Crippen LogP contribution >= 0.6 is 0 Å². The van der Waals surface area contributed by atoms with E-state index in [-0.39, 0.29) is 0 Å². The number of aromatic nitrogens is 1. The number of anilines is 1. The lowest BCUT2D eigenvalue weighted by atomic mass is 10.1. The average Bonchev–Trinajstić information content (AvgIpc) is 2.39. The second-order valence-corrected chi connectivity index (χ2v) is 4.57. The first-order valence-corrected chi connectivity index (χ1v) is 6.12. The first-order valence-electron chi connectivity index (χ1n) is 6.12. The van der Waals surface area contributed by atoms with Crippen LogP contribution in [-0.4, -0.2) is 36.4 Å². The van der Waals surface area contributed by atoms with Gasteiger partial charge in [-0.25, -0.2) is 4.98 Å². The Hall–Kier alpha value is -1.13. The minimum Gasteiger partial charge on any atom is -0.389 e. The monoisotopic (exact) mass is 236 g/mol. The van der Waals surface area contributed by atoms with Crippen LogP contribution in [0.5, 0.6) is 0 Å². The molecule has 0 saturated carbocycles. The van der Waals surface area contributed by atoms with Crippen LogP contribution in [0.2, 0.25) is 0 Å². The molecule has 1 aliphatic heterocycles. The summed E-state index contributed by atoms with van der Waals surface area (Å²) in [7, 11) is 1.76. The zero-order chi connectivity index (χ0) is 12.3. The highest BCUT2D eigenvalue weighted by Crippen LogP contribution is 2.20. The van der Waals surface area contributed by atoms with Crippen LogP contribution in [0, 0.1) is 0 Å². The SMILES string of the molecule is COC1CCCN(c2ccc([C@H](C)O)cn2)C1. The maximum Gasteiger partial charge on any atom is 0.128 e. The maximum atomic E-state index is 9.43. The van der Waals surface area contributed by atoms with E-state index in [1.54, 1.807) is 20.2 Å². The maximum absolute atomic E-state index is 9.43. The zero-order valence-electron chi connectivity index (χ0n) is 10.5. The van der Waals surface area contributed by atoms with Crippen LogP contribution < -0.4 is 4.90 Å². The Bertz CT molecular complexity index is 351. The topological polar surface area (TPSA) is 45.6 Å². The Balaban J connectivity index is 2.06. The smallest absolute Gasteiger partial charge is 0.128 e. The third-order valence-corrected chi connectivity index (χ3v) is 3.29. The number of nitrogens with zero attached hydrogens (tertiary/aromatic N) is 2. The number of hydrogen-bond donors (Lipinski definition) is 1. The van der Waals surface area contributed by atoms with Crippen LogP contribution in [-0.2, 0) is 4.74 Å². The molecular weight excluding hydrogens is 216 g/mol. The second kappa shape index (κ2) is 5.47. The molecule has 0 radical (unpaired) electrons. The highest BCUT2D eigenvalue weighted by atomic mass is 16.5. The molecule has 4 nitrogen and oxygen atoms in total. The molecule has 1 aliphatic rings. The van der Waals surface area contributed by atoms with E-state index in [0.717, 1.165) is 37.3 Å². The number of ether oxygens (including phenoxy) is 1. The molecule has 2 rings (SSSR count). The number of pyridine rings is 1. The lowest BCUT2D eigenvalue weighted by Gasteiger charge is -2.32. The van der Waals surface area contributed by atoms with Gasteiger partial charge in [0.2, 0.25) is 0 Å². The van der Waals surface area contributed by atoms with E-state index < -0.39 is 6.10 Å². The summed E-state index contributed by atoms with van der Waals surface area (Å²) in [4.78, 5) is 6.64. The third-order valence-electron chi connectivity index (χ3n) is 3.29. The molecule has 1 fully saturated rings. The van der Waals surface area contributed by atoms with Crippen LogP contribution in [0.1, 0.15) is 31.4 Å². The van der Waals surface area contributed by atoms with Gasteiger partial charge in [-0.05, 0) is 31.4 Å². The zero-order valence-corrected chi connectivity index (χ0v) is 10.5. The van der Waals surface area contributed by atoms with E-state index in [9.17, 15) is 5.11 Å². The number of aliphatic hydroxyl groups excluding tert-OH is 1. The van der Waals surface area contributed by atoms with E-state index in [1.807, 2.05) is 12.1 Å². The molecule has 0 aromatic carbocycles. The summed E-state index contributed by atoms with van der Waals surface area (Å²) < 4.78 is 5.40. The van der Waals surface area contributed by atoms with Gasteiger partial charge in [-0.3, -0.25) is 0 Å². The van der Waals surface area contributed by atoms with Gasteiger partial charge >= 0.3 is 0 Å². The van der Waals surface area contributed by atoms with E-state index in [1.165, 1.54) is 0 Å². The normalized spacial score (nSPS) is 22.5. The van der Waals surface area contributed by atoms with Crippen molar-refractivity contribution in [2.75, 3.05) is 25.1 Å². The molecule has 0 amide bonds. The molecule has 4 heteroatoms. The highest BCUT2D eigenvalue weighted by Gasteiger charge is 2.20. The number of methoxy groups -OCH3 is 1. The summed E-state index contributed by atoms with van der Waals surface area (Å²) in [6.07, 6.45) is 3.86. The molecule has 0 spiro atoms. The van der Waals surface area contributed by atoms with Gasteiger partial charge in [0.25, 0.3) is 0 Å². The van der Waals surface area contributed by atoms with Gasteiger partial charge < -0.3 is 14.7 Å². The largest absolute Gasteiger partial charge is 0.389 e. The van der Waals surface area contributed by atoms with Crippen molar-refractivity contribution >= 4 is 5.82 Å². The highest BCUT2D eigenvalue weighted by molar-refractivity contribution is 5.40. The van der Waals surface area contributed by atoms with Gasteiger partial charge in [0, 0.05) is 26.4 Å². The number of piperidine rings is 1. The van der Waals surface area contributed by atoms with Crippen molar-refractivity contribution in [3.63, 3.8) is 0 Å². The fourth-order valence-corrected chi connectivity index (χ4v) is 2.17. The van der Waals surface area contributed by atoms with Gasteiger partial charge in [0.05, 0.1) is 12.2 Å². The predicted octanol–water partition coefficient (Wildman–Crippen LogP) is 1.75. The van der Waals surface area contributed by atoms with E-state index >= 15 is 0 Å². The van der Waals surface area contributed by atoms with Crippen LogP contribution in [0.3, 0.4) is 0 Å². The molecule has 17 heavy (non-hydrogen) atoms. The summed E-state index contributed by atoms with van der Waals surface area (Å²) in [6, 6.07) is 3.91. The third kappa shape index (κ3) is 2.96. The van der Waals surface area contributed by atoms with Crippen LogP contribution in [0.4, 0.5) is 5.82 Å². The standard InChI is InChI=1S/C13H20N2O2/c1-10(16)11-5-6-13(14-8-11)15-7-3-4-12(9-15)17-2/h5-6,8,10,12,16H,3-4,7,9H2,1-2H3/t10-,12?/m0/s1. The fraction of sp³-hybridized carbons (Fsp3) is 0.615. The summed E-state index contributed by atoms with van der Waals surface area (Å²) >= 11 is 0. The summed E-state index contributed by atoms with van der Waals surface area (Å²) in [5.41, 5.74) is 0.856. The summed E-state index contributed by atoms with van der Waals surface area (Å²) in [5, 5.41) is 9.43. The molecule has 1 N–H and O–H groups in total. The lowest BCUT2D eigenvalue weighted by molar-refractivity contribution is 0.0891. The van der Waals surface area contributed by atoms with Gasteiger partial charge in [0.1, 0.15) is 5.82 Å². The quantitative estimate of drug-likeness (QED) is 0.868. The predicted molar refractivity (Wildman–Crippen MR) is 67.1 cm³/mol. The van der Waals surface area contributed by atoms with Gasteiger partial charge in [-0.15, -0.1) is 0 Å². The van der Waals surface area contributed by atoms with Crippen molar-refractivity contribution in [2.24, 2.45) is 0 Å². The van der Waals surface area contributed by atoms with Gasteiger partial charge in [-0.1, -0.05) is 6.07 Å². The van der Waals surface area contributed by atoms with Crippen LogP contribution in [0.15, 0.2) is 18.3 Å². The Kier molecular flexibility index (Phi) is 3.97. The summed E-state index contributed by atoms with van der Waals surface area (Å²) in [6.45, 7) is 3.68. The molecule has 1 saturated heterocycles. The first-order chi connectivity index (χ1) is 8.20. The van der Waals surface area contributed by atoms with Gasteiger partial charge in [-0.2, -0.15) is 0 Å². The average molecular weight is 236 g/mol. The number of hydrogen-bond acceptors (Lipinski definition) is 4. The molecule has 94 valence electrons. The Morgan fingerprint density at radius 3 is 2.94 bits per heavy atom. The molecule has 2 heterocycles. The number of aliphatic hydroxyl groups is 1. The summed E-state index contributed by atoms with van der Waals surface area (Å²) in [5.74, 6) is 0.969. The van der Waals surface area contributed by atoms with Crippen molar-refractivity contribution < 1.29 is 9.84 Å². The van der Waals surface area contributed by atoms with Gasteiger partial charge in [0.15, 0.2) is 0 Å². The second-order valence-electron chi connectivity index (χ2n) is 4.57. The molecule has 0 aliphatic carbocycles. The molecule has 1 unspecified atom stereocenters. The molecular formula is C13H20N2O2. The minimum atomic E-state index is -0.454. The van der Waals surface area contributed by atoms with Crippen molar-refractivity contribution in [1.29, 1.82) is 0 Å².